The van der Waals surface area contributed by atoms with Crippen molar-refractivity contribution in [3.8, 4) is 0 Å². The zero-order chi connectivity index (χ0) is 12.1. The molecule has 2 rings (SSSR count). The van der Waals surface area contributed by atoms with Crippen LogP contribution >= 0.6 is 0 Å². The summed E-state index contributed by atoms with van der Waals surface area (Å²) in [7, 11) is 0. The van der Waals surface area contributed by atoms with Crippen molar-refractivity contribution in [1.82, 2.24) is 10.5 Å². The van der Waals surface area contributed by atoms with Crippen LogP contribution in [0.25, 0.3) is 0 Å². The highest BCUT2D eigenvalue weighted by atomic mass is 16.8. The van der Waals surface area contributed by atoms with E-state index in [4.69, 9.17) is 9.57 Å². The van der Waals surface area contributed by atoms with Crippen molar-refractivity contribution < 1.29 is 14.4 Å². The summed E-state index contributed by atoms with van der Waals surface area (Å²) in [5.41, 5.74) is 1.80. The van der Waals surface area contributed by atoms with Crippen LogP contribution in [0.1, 0.15) is 29.6 Å². The fourth-order valence-electron chi connectivity index (χ4n) is 1.58. The molecule has 6 nitrogen and oxygen atoms in total. The van der Waals surface area contributed by atoms with E-state index in [2.05, 4.69) is 10.5 Å². The molecule has 2 heterocycles. The van der Waals surface area contributed by atoms with Crippen LogP contribution in [0.2, 0.25) is 0 Å². The second-order valence-corrected chi connectivity index (χ2v) is 3.76. The maximum Gasteiger partial charge on any atom is 0.280 e. The number of carbonyl (C=O) groups excluding carboxylic acids is 1. The lowest BCUT2D eigenvalue weighted by molar-refractivity contribution is -0.186. The third-order valence-electron chi connectivity index (χ3n) is 2.48. The zero-order valence-electron chi connectivity index (χ0n) is 9.27. The van der Waals surface area contributed by atoms with E-state index in [0.29, 0.717) is 6.61 Å². The predicted molar refractivity (Wildman–Crippen MR) is 59.2 cm³/mol. The van der Waals surface area contributed by atoms with Gasteiger partial charge in [-0.2, -0.15) is 0 Å². The Morgan fingerprint density at radius 3 is 3.12 bits per heavy atom. The van der Waals surface area contributed by atoms with Gasteiger partial charge in [-0.05, 0) is 25.0 Å². The summed E-state index contributed by atoms with van der Waals surface area (Å²) < 4.78 is 5.27. The van der Waals surface area contributed by atoms with Gasteiger partial charge in [-0.3, -0.25) is 9.59 Å². The summed E-state index contributed by atoms with van der Waals surface area (Å²) in [4.78, 5) is 30.4. The molecule has 1 fully saturated rings. The molecule has 0 radical (unpaired) electrons. The monoisotopic (exact) mass is 238 g/mol. The number of hydrogen-bond donors (Lipinski definition) is 2. The summed E-state index contributed by atoms with van der Waals surface area (Å²) in [5.74, 6) is -0.568. The van der Waals surface area contributed by atoms with Gasteiger partial charge in [0.05, 0.1) is 0 Å². The number of hydrogen-bond acceptors (Lipinski definition) is 4. The Balaban J connectivity index is 1.89. The molecule has 0 aliphatic carbocycles. The summed E-state index contributed by atoms with van der Waals surface area (Å²) in [6.07, 6.45) is 3.80. The molecule has 17 heavy (non-hydrogen) atoms. The summed E-state index contributed by atoms with van der Waals surface area (Å²) >= 11 is 0. The molecular formula is C11H14N2O4. The SMILES string of the molecule is O=C(NOC1CCCCO1)c1ccc[nH]c1=O. The first-order chi connectivity index (χ1) is 8.27. The van der Waals surface area contributed by atoms with Crippen LogP contribution < -0.4 is 11.0 Å². The Morgan fingerprint density at radius 2 is 2.41 bits per heavy atom. The largest absolute Gasteiger partial charge is 0.350 e. The van der Waals surface area contributed by atoms with Gasteiger partial charge in [0, 0.05) is 19.2 Å². The van der Waals surface area contributed by atoms with Gasteiger partial charge in [0.2, 0.25) is 0 Å². The van der Waals surface area contributed by atoms with Crippen molar-refractivity contribution >= 4 is 5.91 Å². The molecule has 6 heteroatoms. The highest BCUT2D eigenvalue weighted by Crippen LogP contribution is 2.12. The highest BCUT2D eigenvalue weighted by molar-refractivity contribution is 5.92. The van der Waals surface area contributed by atoms with Crippen LogP contribution in [0.3, 0.4) is 0 Å². The highest BCUT2D eigenvalue weighted by Gasteiger charge is 2.17. The van der Waals surface area contributed by atoms with Crippen molar-refractivity contribution in [2.24, 2.45) is 0 Å². The molecule has 92 valence electrons. The van der Waals surface area contributed by atoms with E-state index in [1.54, 1.807) is 6.07 Å². The topological polar surface area (TPSA) is 80.4 Å². The molecule has 1 aromatic rings. The zero-order valence-corrected chi connectivity index (χ0v) is 9.27. The maximum atomic E-state index is 11.6. The standard InChI is InChI=1S/C11H14N2O4/c14-10-8(4-3-6-12-10)11(15)13-17-9-5-1-2-7-16-9/h3-4,6,9H,1-2,5,7H2,(H,12,14)(H,13,15). The van der Waals surface area contributed by atoms with Gasteiger partial charge in [0.1, 0.15) is 5.56 Å². The third kappa shape index (κ3) is 3.15. The van der Waals surface area contributed by atoms with Crippen molar-refractivity contribution in [2.75, 3.05) is 6.61 Å². The van der Waals surface area contributed by atoms with Crippen LogP contribution in [0, 0.1) is 0 Å². The molecule has 1 saturated heterocycles. The number of aromatic amines is 1. The number of nitrogens with one attached hydrogen (secondary N) is 2. The number of aromatic nitrogens is 1. The summed E-state index contributed by atoms with van der Waals surface area (Å²) in [5, 5.41) is 0. The van der Waals surface area contributed by atoms with Gasteiger partial charge in [0.25, 0.3) is 11.5 Å². The molecule has 1 aliphatic rings. The molecule has 1 amide bonds. The van der Waals surface area contributed by atoms with Crippen molar-refractivity contribution in [3.05, 3.63) is 34.2 Å². The van der Waals surface area contributed by atoms with Crippen molar-refractivity contribution in [2.45, 2.75) is 25.6 Å². The molecule has 0 saturated carbocycles. The van der Waals surface area contributed by atoms with Crippen LogP contribution in [0.5, 0.6) is 0 Å². The fourth-order valence-corrected chi connectivity index (χ4v) is 1.58. The van der Waals surface area contributed by atoms with Crippen LogP contribution in [-0.2, 0) is 9.57 Å². The number of ether oxygens (including phenoxy) is 1. The van der Waals surface area contributed by atoms with Gasteiger partial charge in [0.15, 0.2) is 6.29 Å². The molecule has 2 N–H and O–H groups in total. The quantitative estimate of drug-likeness (QED) is 0.754. The Hall–Kier alpha value is -1.66. The molecule has 1 atom stereocenters. The number of hydroxylamine groups is 1. The molecule has 1 aliphatic heterocycles. The number of amides is 1. The number of rotatable bonds is 3. The van der Waals surface area contributed by atoms with E-state index in [-0.39, 0.29) is 5.56 Å². The fraction of sp³-hybridized carbons (Fsp3) is 0.455. The number of carbonyl (C=O) groups is 1. The normalized spacial score (nSPS) is 19.9. The molecule has 0 aromatic carbocycles. The smallest absolute Gasteiger partial charge is 0.280 e. The number of H-pyrrole nitrogens is 1. The number of pyridine rings is 1. The summed E-state index contributed by atoms with van der Waals surface area (Å²) in [6.45, 7) is 0.631. The lowest BCUT2D eigenvalue weighted by atomic mass is 10.2. The van der Waals surface area contributed by atoms with Gasteiger partial charge >= 0.3 is 0 Å². The Labute approximate surface area is 97.9 Å². The van der Waals surface area contributed by atoms with Gasteiger partial charge in [-0.15, -0.1) is 0 Å². The van der Waals surface area contributed by atoms with Gasteiger partial charge < -0.3 is 9.72 Å². The van der Waals surface area contributed by atoms with E-state index in [1.165, 1.54) is 12.3 Å². The van der Waals surface area contributed by atoms with E-state index in [0.717, 1.165) is 19.3 Å². The van der Waals surface area contributed by atoms with Crippen LogP contribution in [0.4, 0.5) is 0 Å². The Kier molecular flexibility index (Phi) is 3.89. The third-order valence-corrected chi connectivity index (χ3v) is 2.48. The van der Waals surface area contributed by atoms with Crippen molar-refractivity contribution in [1.29, 1.82) is 0 Å². The Bertz CT molecular complexity index is 437. The minimum Gasteiger partial charge on any atom is -0.350 e. The lowest BCUT2D eigenvalue weighted by Crippen LogP contribution is -2.35. The molecule has 1 unspecified atom stereocenters. The minimum absolute atomic E-state index is 0.0170. The molecule has 0 spiro atoms. The molecular weight excluding hydrogens is 224 g/mol. The van der Waals surface area contributed by atoms with Crippen LogP contribution in [0.15, 0.2) is 23.1 Å². The average Bonchev–Trinajstić information content (AvgIpc) is 2.38. The second-order valence-electron chi connectivity index (χ2n) is 3.76. The minimum atomic E-state index is -0.568. The average molecular weight is 238 g/mol. The first-order valence-corrected chi connectivity index (χ1v) is 5.52. The summed E-state index contributed by atoms with van der Waals surface area (Å²) in [6, 6.07) is 3.01. The van der Waals surface area contributed by atoms with E-state index in [9.17, 15) is 9.59 Å². The predicted octanol–water partition coefficient (Wildman–Crippen LogP) is 0.563. The Morgan fingerprint density at radius 1 is 1.53 bits per heavy atom. The van der Waals surface area contributed by atoms with E-state index < -0.39 is 17.8 Å². The van der Waals surface area contributed by atoms with E-state index >= 15 is 0 Å². The lowest BCUT2D eigenvalue weighted by Gasteiger charge is -2.21. The molecule has 0 bridgehead atoms. The van der Waals surface area contributed by atoms with Crippen molar-refractivity contribution in [3.63, 3.8) is 0 Å². The maximum absolute atomic E-state index is 11.6. The molecule has 1 aromatic heterocycles. The van der Waals surface area contributed by atoms with Crippen LogP contribution in [-0.4, -0.2) is 23.8 Å². The first kappa shape index (κ1) is 11.8. The first-order valence-electron chi connectivity index (χ1n) is 5.52. The van der Waals surface area contributed by atoms with Gasteiger partial charge in [-0.1, -0.05) is 0 Å². The second kappa shape index (κ2) is 5.60. The van der Waals surface area contributed by atoms with Gasteiger partial charge in [-0.25, -0.2) is 10.3 Å². The van der Waals surface area contributed by atoms with E-state index in [1.807, 2.05) is 0 Å².